The van der Waals surface area contributed by atoms with Crippen molar-refractivity contribution in [3.8, 4) is 0 Å². The third-order valence-electron chi connectivity index (χ3n) is 3.57. The molecule has 1 heterocycles. The van der Waals surface area contributed by atoms with E-state index in [0.29, 0.717) is 5.16 Å². The molecule has 0 bridgehead atoms. The molecule has 0 spiro atoms. The van der Waals surface area contributed by atoms with Gasteiger partial charge < -0.3 is 0 Å². The second kappa shape index (κ2) is 5.62. The van der Waals surface area contributed by atoms with Crippen LogP contribution in [0.5, 0.6) is 0 Å². The first-order valence-electron chi connectivity index (χ1n) is 7.40. The Morgan fingerprint density at radius 1 is 0.667 bits per heavy atom. The molecule has 0 aliphatic carbocycles. The van der Waals surface area contributed by atoms with Crippen molar-refractivity contribution in [2.75, 3.05) is 0 Å². The Balaban J connectivity index is 1.96. The molecule has 1 heteroatoms. The molecule has 2 aromatic carbocycles. The van der Waals surface area contributed by atoms with Gasteiger partial charge in [-0.3, -0.25) is 0 Å². The molecule has 0 nitrogen and oxygen atoms in total. The van der Waals surface area contributed by atoms with Crippen LogP contribution < -0.4 is 0 Å². The van der Waals surface area contributed by atoms with Crippen molar-refractivity contribution in [3.63, 3.8) is 0 Å². The molecule has 2 aromatic rings. The van der Waals surface area contributed by atoms with Crippen LogP contribution in [0.1, 0.15) is 31.9 Å². The van der Waals surface area contributed by atoms with Crippen LogP contribution in [0.25, 0.3) is 12.2 Å². The minimum atomic E-state index is -0.144. The van der Waals surface area contributed by atoms with Crippen molar-refractivity contribution in [2.45, 2.75) is 25.9 Å². The lowest BCUT2D eigenvalue weighted by Gasteiger charge is -2.15. The first-order valence-corrected chi connectivity index (χ1v) is 8.74. The third kappa shape index (κ3) is 3.34. The molecule has 3 rings (SSSR count). The summed E-state index contributed by atoms with van der Waals surface area (Å²) in [6, 6.07) is 21.3. The van der Waals surface area contributed by atoms with Crippen LogP contribution in [0.15, 0.2) is 71.3 Å². The third-order valence-corrected chi connectivity index (χ3v) is 6.39. The van der Waals surface area contributed by atoms with E-state index in [1.807, 2.05) is 0 Å². The quantitative estimate of drug-likeness (QED) is 0.565. The molecule has 1 fully saturated rings. The van der Waals surface area contributed by atoms with Gasteiger partial charge in [-0.2, -0.15) is 0 Å². The number of hydrogen-bond donors (Lipinski definition) is 0. The van der Waals surface area contributed by atoms with Crippen molar-refractivity contribution < 1.29 is 0 Å². The molecule has 1 saturated heterocycles. The van der Waals surface area contributed by atoms with E-state index in [4.69, 9.17) is 0 Å². The lowest BCUT2D eigenvalue weighted by molar-refractivity contribution is 0.796. The van der Waals surface area contributed by atoms with Gasteiger partial charge in [0.25, 0.3) is 0 Å². The summed E-state index contributed by atoms with van der Waals surface area (Å²) in [6.07, 6.45) is 4.73. The molecular formula is C20H21P. The molecule has 0 unspecified atom stereocenters. The zero-order chi connectivity index (χ0) is 14.9. The molecule has 0 N–H and O–H groups in total. The van der Waals surface area contributed by atoms with E-state index in [2.05, 4.69) is 93.6 Å². The Morgan fingerprint density at radius 3 is 1.38 bits per heavy atom. The number of allylic oxidation sites excluding steroid dienone is 2. The monoisotopic (exact) mass is 292 g/mol. The fourth-order valence-corrected chi connectivity index (χ4v) is 5.27. The molecule has 106 valence electrons. The minimum absolute atomic E-state index is 0.144. The van der Waals surface area contributed by atoms with Gasteiger partial charge in [0.15, 0.2) is 0 Å². The molecule has 0 amide bonds. The van der Waals surface area contributed by atoms with Gasteiger partial charge >= 0.3 is 0 Å². The highest BCUT2D eigenvalue weighted by atomic mass is 31.1. The maximum atomic E-state index is 2.37. The fraction of sp³-hybridized carbons (Fsp3) is 0.200. The van der Waals surface area contributed by atoms with Crippen LogP contribution in [0.2, 0.25) is 0 Å². The highest BCUT2D eigenvalue weighted by Crippen LogP contribution is 2.81. The van der Waals surface area contributed by atoms with E-state index in [9.17, 15) is 0 Å². The highest BCUT2D eigenvalue weighted by Gasteiger charge is 2.45. The van der Waals surface area contributed by atoms with E-state index in [0.717, 1.165) is 0 Å². The summed E-state index contributed by atoms with van der Waals surface area (Å²) in [7, 11) is -0.144. The standard InChI is InChI=1S/C20H21P/c1-20(2,3)21-18(14-16-10-6-4-7-11-16)19(21)15-17-12-8-5-9-13-17/h4-15H,1-3H3/b18-14-,19-15-. The first-order chi connectivity index (χ1) is 10.1. The lowest BCUT2D eigenvalue weighted by Crippen LogP contribution is -2.03. The molecule has 1 aliphatic rings. The maximum absolute atomic E-state index is 2.37. The topological polar surface area (TPSA) is 0 Å². The van der Waals surface area contributed by atoms with Crippen LogP contribution in [-0.4, -0.2) is 5.16 Å². The average molecular weight is 292 g/mol. The molecule has 1 aliphatic heterocycles. The largest absolute Gasteiger partial charge is 0.0622 e. The summed E-state index contributed by atoms with van der Waals surface area (Å²) < 4.78 is 0. The Labute approximate surface area is 129 Å². The van der Waals surface area contributed by atoms with Gasteiger partial charge in [0.05, 0.1) is 0 Å². The molecule has 21 heavy (non-hydrogen) atoms. The van der Waals surface area contributed by atoms with Gasteiger partial charge in [-0.1, -0.05) is 81.4 Å². The van der Waals surface area contributed by atoms with E-state index in [-0.39, 0.29) is 7.92 Å². The van der Waals surface area contributed by atoms with E-state index >= 15 is 0 Å². The summed E-state index contributed by atoms with van der Waals surface area (Å²) in [5.74, 6) is 0. The normalized spacial score (nSPS) is 21.8. The zero-order valence-corrected chi connectivity index (χ0v) is 13.8. The van der Waals surface area contributed by atoms with Crippen molar-refractivity contribution in [1.82, 2.24) is 0 Å². The highest BCUT2D eigenvalue weighted by molar-refractivity contribution is 7.79. The lowest BCUT2D eigenvalue weighted by atomic mass is 10.2. The summed E-state index contributed by atoms with van der Waals surface area (Å²) in [5, 5.41) is 3.44. The smallest absolute Gasteiger partial charge is 0.00987 e. The summed E-state index contributed by atoms with van der Waals surface area (Å²) >= 11 is 0. The van der Waals surface area contributed by atoms with Gasteiger partial charge in [0.2, 0.25) is 0 Å². The maximum Gasteiger partial charge on any atom is -0.00987 e. The van der Waals surface area contributed by atoms with Crippen LogP contribution in [0, 0.1) is 0 Å². The van der Waals surface area contributed by atoms with Gasteiger partial charge in [-0.25, -0.2) is 0 Å². The summed E-state index contributed by atoms with van der Waals surface area (Å²) in [6.45, 7) is 7.05. The van der Waals surface area contributed by atoms with Gasteiger partial charge in [-0.05, 0) is 47.0 Å². The minimum Gasteiger partial charge on any atom is -0.0622 e. The Morgan fingerprint density at radius 2 is 1.05 bits per heavy atom. The van der Waals surface area contributed by atoms with Crippen LogP contribution in [0.4, 0.5) is 0 Å². The van der Waals surface area contributed by atoms with E-state index in [1.54, 1.807) is 10.6 Å². The second-order valence-corrected chi connectivity index (χ2v) is 9.36. The van der Waals surface area contributed by atoms with Crippen molar-refractivity contribution in [2.24, 2.45) is 0 Å². The molecule has 0 aromatic heterocycles. The average Bonchev–Trinajstić information content (AvgIpc) is 3.13. The number of rotatable bonds is 2. The number of benzene rings is 2. The van der Waals surface area contributed by atoms with Crippen LogP contribution in [-0.2, 0) is 0 Å². The SMILES string of the molecule is CC(C)(C)P1C(=C\c2ccccc2)/C1=C/c1ccccc1. The van der Waals surface area contributed by atoms with Gasteiger partial charge in [0, 0.05) is 0 Å². The number of hydrogen-bond acceptors (Lipinski definition) is 0. The second-order valence-electron chi connectivity index (χ2n) is 6.39. The predicted molar refractivity (Wildman–Crippen MR) is 95.5 cm³/mol. The molecule has 0 atom stereocenters. The van der Waals surface area contributed by atoms with Crippen LogP contribution >= 0.6 is 7.92 Å². The fourth-order valence-electron chi connectivity index (χ4n) is 2.61. The Hall–Kier alpha value is -1.65. The summed E-state index contributed by atoms with van der Waals surface area (Å²) in [5.41, 5.74) is 2.61. The molecular weight excluding hydrogens is 271 g/mol. The van der Waals surface area contributed by atoms with Crippen molar-refractivity contribution >= 4 is 20.1 Å². The van der Waals surface area contributed by atoms with E-state index < -0.39 is 0 Å². The molecule has 0 saturated carbocycles. The Bertz CT molecular complexity index is 617. The van der Waals surface area contributed by atoms with Crippen LogP contribution in [0.3, 0.4) is 0 Å². The van der Waals surface area contributed by atoms with E-state index in [1.165, 1.54) is 11.1 Å². The van der Waals surface area contributed by atoms with Gasteiger partial charge in [-0.15, -0.1) is 0 Å². The van der Waals surface area contributed by atoms with Crippen molar-refractivity contribution in [1.29, 1.82) is 0 Å². The first kappa shape index (κ1) is 14.3. The van der Waals surface area contributed by atoms with Gasteiger partial charge in [0.1, 0.15) is 0 Å². The molecule has 0 radical (unpaired) electrons. The Kier molecular flexibility index (Phi) is 3.83. The zero-order valence-electron chi connectivity index (χ0n) is 12.9. The predicted octanol–water partition coefficient (Wildman–Crippen LogP) is 6.36. The van der Waals surface area contributed by atoms with Crippen molar-refractivity contribution in [3.05, 3.63) is 82.4 Å². The summed E-state index contributed by atoms with van der Waals surface area (Å²) in [4.78, 5) is 0.